The Morgan fingerprint density at radius 1 is 0.727 bits per heavy atom. The highest BCUT2D eigenvalue weighted by atomic mass is 16.1. The molecule has 0 aliphatic heterocycles. The van der Waals surface area contributed by atoms with Gasteiger partial charge in [0.05, 0.1) is 11.0 Å². The van der Waals surface area contributed by atoms with E-state index in [9.17, 15) is 4.79 Å². The van der Waals surface area contributed by atoms with Crippen LogP contribution in [0.5, 0.6) is 0 Å². The van der Waals surface area contributed by atoms with Crippen molar-refractivity contribution < 1.29 is 4.79 Å². The number of rotatable bonds is 3. The monoisotopic (exact) mass is 425 g/mol. The Bertz CT molecular complexity index is 1590. The lowest BCUT2D eigenvalue weighted by molar-refractivity contribution is 0.103. The molecule has 0 unspecified atom stereocenters. The van der Waals surface area contributed by atoms with Gasteiger partial charge in [0.15, 0.2) is 5.78 Å². The van der Waals surface area contributed by atoms with Gasteiger partial charge >= 0.3 is 0 Å². The average Bonchev–Trinajstić information content (AvgIpc) is 3.32. The van der Waals surface area contributed by atoms with E-state index in [2.05, 4.69) is 95.6 Å². The molecule has 0 bridgehead atoms. The summed E-state index contributed by atoms with van der Waals surface area (Å²) in [6, 6.07) is 31.7. The van der Waals surface area contributed by atoms with E-state index in [1.807, 2.05) is 26.0 Å². The van der Waals surface area contributed by atoms with Crippen LogP contribution in [0, 0.1) is 0 Å². The average molecular weight is 426 g/mol. The van der Waals surface area contributed by atoms with Gasteiger partial charge in [0.25, 0.3) is 0 Å². The van der Waals surface area contributed by atoms with E-state index in [0.29, 0.717) is 0 Å². The number of carbonyl (C=O) groups excluding carboxylic acids is 1. The van der Waals surface area contributed by atoms with Crippen LogP contribution in [0.3, 0.4) is 0 Å². The lowest BCUT2D eigenvalue weighted by atomic mass is 9.94. The highest BCUT2D eigenvalue weighted by Gasteiger charge is 2.28. The van der Waals surface area contributed by atoms with Crippen molar-refractivity contribution in [2.45, 2.75) is 13.8 Å². The van der Waals surface area contributed by atoms with Gasteiger partial charge in [-0.15, -0.1) is 0 Å². The Morgan fingerprint density at radius 2 is 1.36 bits per heavy atom. The Morgan fingerprint density at radius 3 is 2.06 bits per heavy atom. The van der Waals surface area contributed by atoms with Crippen LogP contribution in [-0.2, 0) is 0 Å². The summed E-state index contributed by atoms with van der Waals surface area (Å²) in [6.45, 7) is 3.91. The predicted octanol–water partition coefficient (Wildman–Crippen LogP) is 8.00. The summed E-state index contributed by atoms with van der Waals surface area (Å²) in [5, 5.41) is 2.48. The fourth-order valence-corrected chi connectivity index (χ4v) is 5.17. The molecule has 2 heteroatoms. The van der Waals surface area contributed by atoms with Gasteiger partial charge in [-0.3, -0.25) is 4.79 Å². The summed E-state index contributed by atoms with van der Waals surface area (Å²) in [7, 11) is 0. The number of hydrogen-bond donors (Lipinski definition) is 0. The Labute approximate surface area is 193 Å². The molecule has 5 aromatic rings. The van der Waals surface area contributed by atoms with Gasteiger partial charge in [0, 0.05) is 27.6 Å². The van der Waals surface area contributed by atoms with E-state index >= 15 is 0 Å². The predicted molar refractivity (Wildman–Crippen MR) is 138 cm³/mol. The molecule has 0 radical (unpaired) electrons. The number of ketones is 1. The number of Topliss-reactive ketones (excluding diaryl/α,β-unsaturated/α-hetero) is 1. The number of para-hydroxylation sites is 2. The second kappa shape index (κ2) is 7.46. The number of fused-ring (bicyclic) bond motifs is 4. The number of nitrogens with zero attached hydrogens (tertiary/aromatic N) is 1. The minimum atomic E-state index is 0.121. The van der Waals surface area contributed by atoms with Crippen LogP contribution in [0.2, 0.25) is 0 Å². The molecule has 0 N–H and O–H groups in total. The van der Waals surface area contributed by atoms with Crippen molar-refractivity contribution in [3.63, 3.8) is 0 Å². The summed E-state index contributed by atoms with van der Waals surface area (Å²) in [5.41, 5.74) is 9.15. The third-order valence-corrected chi connectivity index (χ3v) is 6.66. The molecule has 0 amide bonds. The molecule has 158 valence electrons. The van der Waals surface area contributed by atoms with Gasteiger partial charge in [0.1, 0.15) is 0 Å². The zero-order chi connectivity index (χ0) is 22.5. The van der Waals surface area contributed by atoms with Crippen molar-refractivity contribution >= 4 is 33.2 Å². The normalized spacial score (nSPS) is 13.6. The lowest BCUT2D eigenvalue weighted by Gasteiger charge is -2.13. The highest BCUT2D eigenvalue weighted by Crippen LogP contribution is 2.40. The first-order valence-electron chi connectivity index (χ1n) is 11.3. The van der Waals surface area contributed by atoms with Crippen LogP contribution < -0.4 is 0 Å². The van der Waals surface area contributed by atoms with Gasteiger partial charge in [-0.2, -0.15) is 0 Å². The fourth-order valence-electron chi connectivity index (χ4n) is 5.17. The highest BCUT2D eigenvalue weighted by molar-refractivity contribution is 6.24. The molecule has 6 rings (SSSR count). The lowest BCUT2D eigenvalue weighted by Crippen LogP contribution is -2.00. The standard InChI is InChI=1S/C31H23NO/c1-3-10-23-20(2)31(33)30-24(15-9-16-27(23)30)21-11-8-12-22(19-21)32-28-17-6-4-13-25(28)26-14-5-7-18-29(26)32/h3-19H,1-2H3/b10-3-. The topological polar surface area (TPSA) is 22.0 Å². The number of carbonyl (C=O) groups is 1. The molecule has 0 saturated heterocycles. The van der Waals surface area contributed by atoms with E-state index in [1.54, 1.807) is 0 Å². The third kappa shape index (κ3) is 2.84. The van der Waals surface area contributed by atoms with Crippen molar-refractivity contribution in [2.75, 3.05) is 0 Å². The van der Waals surface area contributed by atoms with Gasteiger partial charge < -0.3 is 4.57 Å². The molecule has 1 aromatic heterocycles. The first-order valence-corrected chi connectivity index (χ1v) is 11.3. The molecule has 0 saturated carbocycles. The minimum absolute atomic E-state index is 0.121. The minimum Gasteiger partial charge on any atom is -0.309 e. The van der Waals surface area contributed by atoms with Crippen molar-refractivity contribution in [2.24, 2.45) is 0 Å². The Balaban J connectivity index is 1.58. The van der Waals surface area contributed by atoms with E-state index in [1.165, 1.54) is 21.8 Å². The molecule has 0 atom stereocenters. The smallest absolute Gasteiger partial charge is 0.190 e. The quantitative estimate of drug-likeness (QED) is 0.287. The third-order valence-electron chi connectivity index (χ3n) is 6.66. The van der Waals surface area contributed by atoms with Gasteiger partial charge in [-0.05, 0) is 60.4 Å². The summed E-state index contributed by atoms with van der Waals surface area (Å²) in [6.07, 6.45) is 4.04. The number of allylic oxidation sites excluding steroid dienone is 4. The fraction of sp³-hybridized carbons (Fsp3) is 0.0645. The zero-order valence-corrected chi connectivity index (χ0v) is 18.7. The van der Waals surface area contributed by atoms with E-state index in [4.69, 9.17) is 0 Å². The summed E-state index contributed by atoms with van der Waals surface area (Å²) in [5.74, 6) is 0.121. The van der Waals surface area contributed by atoms with E-state index < -0.39 is 0 Å². The zero-order valence-electron chi connectivity index (χ0n) is 18.7. The molecule has 1 aliphatic rings. The van der Waals surface area contributed by atoms with Crippen LogP contribution in [0.25, 0.3) is 44.2 Å². The molecular weight excluding hydrogens is 402 g/mol. The number of aromatic nitrogens is 1. The summed E-state index contributed by atoms with van der Waals surface area (Å²) < 4.78 is 2.31. The van der Waals surface area contributed by atoms with Crippen molar-refractivity contribution in [1.29, 1.82) is 0 Å². The van der Waals surface area contributed by atoms with Gasteiger partial charge in [-0.1, -0.05) is 78.9 Å². The first kappa shape index (κ1) is 19.5. The van der Waals surface area contributed by atoms with Crippen LogP contribution in [-0.4, -0.2) is 10.4 Å². The van der Waals surface area contributed by atoms with Gasteiger partial charge in [-0.25, -0.2) is 0 Å². The van der Waals surface area contributed by atoms with E-state index in [-0.39, 0.29) is 5.78 Å². The Kier molecular flexibility index (Phi) is 4.41. The molecular formula is C31H23NO. The first-order chi connectivity index (χ1) is 16.2. The second-order valence-electron chi connectivity index (χ2n) is 8.52. The SMILES string of the molecule is C/C=C\C1=C(C)C(=O)c2c1cccc2-c1cccc(-n2c3ccccc3c3ccccc32)c1. The number of hydrogen-bond acceptors (Lipinski definition) is 1. The van der Waals surface area contributed by atoms with Crippen molar-refractivity contribution in [1.82, 2.24) is 4.57 Å². The number of benzene rings is 4. The maximum absolute atomic E-state index is 13.2. The second-order valence-corrected chi connectivity index (χ2v) is 8.52. The Hall–Kier alpha value is -4.17. The maximum Gasteiger partial charge on any atom is 0.190 e. The largest absolute Gasteiger partial charge is 0.309 e. The van der Waals surface area contributed by atoms with Crippen LogP contribution >= 0.6 is 0 Å². The maximum atomic E-state index is 13.2. The van der Waals surface area contributed by atoms with Crippen molar-refractivity contribution in [3.8, 4) is 16.8 Å². The summed E-state index contributed by atoms with van der Waals surface area (Å²) in [4.78, 5) is 13.2. The molecule has 2 nitrogen and oxygen atoms in total. The van der Waals surface area contributed by atoms with E-state index in [0.717, 1.165) is 39.1 Å². The van der Waals surface area contributed by atoms with Crippen LogP contribution in [0.15, 0.2) is 109 Å². The molecule has 0 spiro atoms. The van der Waals surface area contributed by atoms with Gasteiger partial charge in [0.2, 0.25) is 0 Å². The molecule has 4 aromatic carbocycles. The molecule has 33 heavy (non-hydrogen) atoms. The molecule has 0 fully saturated rings. The van der Waals surface area contributed by atoms with Crippen molar-refractivity contribution in [3.05, 3.63) is 120 Å². The molecule has 1 aliphatic carbocycles. The molecule has 1 heterocycles. The van der Waals surface area contributed by atoms with Crippen LogP contribution in [0.1, 0.15) is 29.8 Å². The van der Waals surface area contributed by atoms with Crippen LogP contribution in [0.4, 0.5) is 0 Å². The summed E-state index contributed by atoms with van der Waals surface area (Å²) >= 11 is 0.